The highest BCUT2D eigenvalue weighted by Crippen LogP contribution is 2.20. The molecule has 3 nitrogen and oxygen atoms in total. The number of phenolic OH excluding ortho intramolecular Hbond substituents is 1. The summed E-state index contributed by atoms with van der Waals surface area (Å²) in [4.78, 5) is 11.6. The molecule has 0 aliphatic carbocycles. The lowest BCUT2D eigenvalue weighted by molar-refractivity contribution is 0.0985. The third-order valence-corrected chi connectivity index (χ3v) is 2.51. The molecule has 0 atom stereocenters. The number of carbonyl (C=O) groups excluding carboxylic acids is 1. The Morgan fingerprint density at radius 2 is 2.24 bits per heavy atom. The van der Waals surface area contributed by atoms with Gasteiger partial charge >= 0.3 is 0 Å². The molecule has 1 aromatic carbocycles. The van der Waals surface area contributed by atoms with Gasteiger partial charge in [0, 0.05) is 6.42 Å². The predicted molar refractivity (Wildman–Crippen MR) is 70.3 cm³/mol. The highest BCUT2D eigenvalue weighted by molar-refractivity contribution is 5.98. The Bertz CT molecular complexity index is 411. The molecule has 0 amide bonds. The van der Waals surface area contributed by atoms with E-state index in [1.54, 1.807) is 25.1 Å². The molecule has 0 saturated carbocycles. The van der Waals surface area contributed by atoms with Crippen molar-refractivity contribution in [2.75, 3.05) is 13.6 Å². The third-order valence-electron chi connectivity index (χ3n) is 2.51. The summed E-state index contributed by atoms with van der Waals surface area (Å²) in [7, 11) is 1.91. The molecule has 0 spiro atoms. The summed E-state index contributed by atoms with van der Waals surface area (Å²) in [6, 6.07) is 5.11. The predicted octanol–water partition coefficient (Wildman–Crippen LogP) is 2.61. The van der Waals surface area contributed by atoms with E-state index in [0.717, 1.165) is 18.5 Å². The van der Waals surface area contributed by atoms with Gasteiger partial charge < -0.3 is 10.4 Å². The first-order chi connectivity index (χ1) is 8.19. The molecular formula is C14H19NO2. The number of hydrogen-bond donors (Lipinski definition) is 2. The summed E-state index contributed by atoms with van der Waals surface area (Å²) in [6.07, 6.45) is 5.35. The molecule has 0 saturated heterocycles. The second kappa shape index (κ2) is 6.86. The number of ketones is 1. The van der Waals surface area contributed by atoms with Crippen LogP contribution in [0.15, 0.2) is 24.3 Å². The molecule has 0 heterocycles. The van der Waals surface area contributed by atoms with Gasteiger partial charge in [-0.1, -0.05) is 25.1 Å². The average Bonchev–Trinajstić information content (AvgIpc) is 2.35. The summed E-state index contributed by atoms with van der Waals surface area (Å²) in [5.74, 6) is 0.0252. The normalized spacial score (nSPS) is 10.9. The van der Waals surface area contributed by atoms with Crippen molar-refractivity contribution in [1.82, 2.24) is 5.32 Å². The molecule has 0 aliphatic rings. The number of benzene rings is 1. The van der Waals surface area contributed by atoms with Crippen LogP contribution < -0.4 is 5.32 Å². The zero-order chi connectivity index (χ0) is 12.7. The van der Waals surface area contributed by atoms with Gasteiger partial charge in [0.2, 0.25) is 0 Å². The van der Waals surface area contributed by atoms with Crippen LogP contribution in [0.25, 0.3) is 6.08 Å². The van der Waals surface area contributed by atoms with Crippen LogP contribution in [-0.4, -0.2) is 24.5 Å². The average molecular weight is 233 g/mol. The smallest absolute Gasteiger partial charge is 0.166 e. The van der Waals surface area contributed by atoms with Gasteiger partial charge in [0.15, 0.2) is 5.78 Å². The molecule has 2 N–H and O–H groups in total. The van der Waals surface area contributed by atoms with Crippen LogP contribution in [0.1, 0.15) is 35.7 Å². The van der Waals surface area contributed by atoms with Gasteiger partial charge in [-0.05, 0) is 37.7 Å². The van der Waals surface area contributed by atoms with Crippen LogP contribution in [-0.2, 0) is 0 Å². The molecule has 1 rings (SSSR count). The van der Waals surface area contributed by atoms with Gasteiger partial charge in [-0.15, -0.1) is 0 Å². The van der Waals surface area contributed by atoms with Crippen molar-refractivity contribution >= 4 is 11.9 Å². The lowest BCUT2D eigenvalue weighted by Gasteiger charge is -2.03. The maximum atomic E-state index is 11.6. The van der Waals surface area contributed by atoms with Crippen molar-refractivity contribution in [3.8, 4) is 5.75 Å². The zero-order valence-electron chi connectivity index (χ0n) is 10.4. The summed E-state index contributed by atoms with van der Waals surface area (Å²) in [5.41, 5.74) is 1.35. The molecule has 0 unspecified atom stereocenters. The van der Waals surface area contributed by atoms with Crippen molar-refractivity contribution in [2.45, 2.75) is 19.8 Å². The van der Waals surface area contributed by atoms with Crippen molar-refractivity contribution in [3.05, 3.63) is 35.4 Å². The van der Waals surface area contributed by atoms with E-state index in [1.807, 2.05) is 19.2 Å². The molecule has 0 radical (unpaired) electrons. The fraction of sp³-hybridized carbons (Fsp3) is 0.357. The Balaban J connectivity index is 2.81. The van der Waals surface area contributed by atoms with Crippen molar-refractivity contribution in [1.29, 1.82) is 0 Å². The van der Waals surface area contributed by atoms with Gasteiger partial charge in [0.1, 0.15) is 5.75 Å². The third kappa shape index (κ3) is 4.04. The minimum absolute atomic E-state index is 0.0343. The molecule has 1 aromatic rings. The van der Waals surface area contributed by atoms with E-state index in [0.29, 0.717) is 12.0 Å². The summed E-state index contributed by atoms with van der Waals surface area (Å²) in [5, 5.41) is 12.6. The second-order valence-electron chi connectivity index (χ2n) is 3.85. The molecule has 17 heavy (non-hydrogen) atoms. The molecule has 0 aliphatic heterocycles. The monoisotopic (exact) mass is 233 g/mol. The fourth-order valence-corrected chi connectivity index (χ4v) is 1.52. The minimum Gasteiger partial charge on any atom is -0.507 e. The van der Waals surface area contributed by atoms with Crippen LogP contribution in [0.2, 0.25) is 0 Å². The van der Waals surface area contributed by atoms with Crippen LogP contribution in [0.3, 0.4) is 0 Å². The number of aromatic hydroxyl groups is 1. The van der Waals surface area contributed by atoms with Gasteiger partial charge in [-0.25, -0.2) is 0 Å². The number of phenols is 1. The molecule has 0 fully saturated rings. The lowest BCUT2D eigenvalue weighted by Crippen LogP contribution is -2.05. The standard InChI is InChI=1S/C14H19NO2/c1-3-13(16)12-10-11(7-8-14(12)17)6-4-5-9-15-2/h4,6-8,10,15,17H,3,5,9H2,1-2H3. The summed E-state index contributed by atoms with van der Waals surface area (Å²) >= 11 is 0. The van der Waals surface area contributed by atoms with E-state index in [2.05, 4.69) is 5.32 Å². The number of Topliss-reactive ketones (excluding diaryl/α,β-unsaturated/α-hetero) is 1. The highest BCUT2D eigenvalue weighted by atomic mass is 16.3. The topological polar surface area (TPSA) is 49.3 Å². The Kier molecular flexibility index (Phi) is 5.43. The quantitative estimate of drug-likeness (QED) is 0.586. The first-order valence-corrected chi connectivity index (χ1v) is 5.86. The summed E-state index contributed by atoms with van der Waals surface area (Å²) in [6.45, 7) is 2.71. The number of carbonyl (C=O) groups is 1. The first-order valence-electron chi connectivity index (χ1n) is 5.86. The van der Waals surface area contributed by atoms with Crippen LogP contribution in [0.4, 0.5) is 0 Å². The molecule has 0 bridgehead atoms. The van der Waals surface area contributed by atoms with E-state index in [4.69, 9.17) is 0 Å². The summed E-state index contributed by atoms with van der Waals surface area (Å²) < 4.78 is 0. The molecule has 92 valence electrons. The SMILES string of the molecule is CCC(=O)c1cc(C=CCCNC)ccc1O. The first kappa shape index (κ1) is 13.5. The fourth-order valence-electron chi connectivity index (χ4n) is 1.52. The van der Waals surface area contributed by atoms with Crippen molar-refractivity contribution in [2.24, 2.45) is 0 Å². The van der Waals surface area contributed by atoms with Crippen molar-refractivity contribution in [3.63, 3.8) is 0 Å². The minimum atomic E-state index is -0.0343. The van der Waals surface area contributed by atoms with E-state index in [-0.39, 0.29) is 11.5 Å². The van der Waals surface area contributed by atoms with Crippen LogP contribution >= 0.6 is 0 Å². The zero-order valence-corrected chi connectivity index (χ0v) is 10.4. The Hall–Kier alpha value is -1.61. The van der Waals surface area contributed by atoms with E-state index in [1.165, 1.54) is 0 Å². The van der Waals surface area contributed by atoms with Gasteiger partial charge in [0.05, 0.1) is 5.56 Å². The van der Waals surface area contributed by atoms with Gasteiger partial charge in [0.25, 0.3) is 0 Å². The van der Waals surface area contributed by atoms with Crippen molar-refractivity contribution < 1.29 is 9.90 Å². The Labute approximate surface area is 102 Å². The number of nitrogens with one attached hydrogen (secondary N) is 1. The molecule has 3 heteroatoms. The van der Waals surface area contributed by atoms with Gasteiger partial charge in [-0.3, -0.25) is 4.79 Å². The highest BCUT2D eigenvalue weighted by Gasteiger charge is 2.08. The van der Waals surface area contributed by atoms with Crippen LogP contribution in [0.5, 0.6) is 5.75 Å². The largest absolute Gasteiger partial charge is 0.507 e. The lowest BCUT2D eigenvalue weighted by atomic mass is 10.0. The molecular weight excluding hydrogens is 214 g/mol. The number of hydrogen-bond acceptors (Lipinski definition) is 3. The molecule has 0 aromatic heterocycles. The maximum Gasteiger partial charge on any atom is 0.166 e. The number of rotatable bonds is 6. The van der Waals surface area contributed by atoms with Crippen LogP contribution in [0, 0.1) is 0 Å². The van der Waals surface area contributed by atoms with E-state index < -0.39 is 0 Å². The maximum absolute atomic E-state index is 11.6. The Morgan fingerprint density at radius 3 is 2.88 bits per heavy atom. The Morgan fingerprint density at radius 1 is 1.47 bits per heavy atom. The van der Waals surface area contributed by atoms with Gasteiger partial charge in [-0.2, -0.15) is 0 Å². The van der Waals surface area contributed by atoms with E-state index >= 15 is 0 Å². The van der Waals surface area contributed by atoms with E-state index in [9.17, 15) is 9.90 Å². The second-order valence-corrected chi connectivity index (χ2v) is 3.85.